The fourth-order valence-electron chi connectivity index (χ4n) is 3.20. The van der Waals surface area contributed by atoms with Crippen LogP contribution >= 0.6 is 0 Å². The van der Waals surface area contributed by atoms with Gasteiger partial charge in [-0.15, -0.1) is 0 Å². The van der Waals surface area contributed by atoms with Gasteiger partial charge in [-0.05, 0) is 49.2 Å². The Morgan fingerprint density at radius 2 is 2.12 bits per heavy atom. The molecule has 2 N–H and O–H groups in total. The molecule has 0 bridgehead atoms. The van der Waals surface area contributed by atoms with E-state index in [1.807, 2.05) is 19.1 Å². The van der Waals surface area contributed by atoms with Gasteiger partial charge in [-0.25, -0.2) is 8.78 Å². The quantitative estimate of drug-likeness (QED) is 0.895. The van der Waals surface area contributed by atoms with Crippen molar-refractivity contribution in [3.05, 3.63) is 65.0 Å². The summed E-state index contributed by atoms with van der Waals surface area (Å²) < 4.78 is 26.7. The Kier molecular flexibility index (Phi) is 5.38. The van der Waals surface area contributed by atoms with Crippen LogP contribution in [0.2, 0.25) is 0 Å². The molecule has 0 saturated carbocycles. The van der Waals surface area contributed by atoms with Crippen LogP contribution in [0, 0.1) is 18.6 Å². The van der Waals surface area contributed by atoms with E-state index in [4.69, 9.17) is 0 Å². The number of carbonyl (C=O) groups excluding carboxylic acids is 1. The Labute approximate surface area is 145 Å². The van der Waals surface area contributed by atoms with E-state index in [0.29, 0.717) is 12.1 Å². The summed E-state index contributed by atoms with van der Waals surface area (Å²) in [5.41, 5.74) is 2.46. The Hall–Kier alpha value is -2.34. The first-order valence-corrected chi connectivity index (χ1v) is 8.39. The van der Waals surface area contributed by atoms with Crippen LogP contribution < -0.4 is 10.6 Å². The molecule has 1 aromatic carbocycles. The minimum atomic E-state index is -0.856. The molecule has 2 atom stereocenters. The fourth-order valence-corrected chi connectivity index (χ4v) is 3.20. The van der Waals surface area contributed by atoms with Crippen molar-refractivity contribution in [2.75, 3.05) is 13.1 Å². The first kappa shape index (κ1) is 17.5. The average molecular weight is 345 g/mol. The van der Waals surface area contributed by atoms with E-state index in [2.05, 4.69) is 15.6 Å². The second-order valence-electron chi connectivity index (χ2n) is 6.43. The number of benzene rings is 1. The summed E-state index contributed by atoms with van der Waals surface area (Å²) >= 11 is 0. The van der Waals surface area contributed by atoms with Gasteiger partial charge in [0.25, 0.3) is 0 Å². The SMILES string of the molecule is Cc1ccc(CC(=O)NC2CNCCC2c2ccc(F)c(F)c2)cn1. The predicted octanol–water partition coefficient (Wildman–Crippen LogP) is 2.47. The zero-order chi connectivity index (χ0) is 17.8. The van der Waals surface area contributed by atoms with Gasteiger partial charge in [0.2, 0.25) is 5.91 Å². The van der Waals surface area contributed by atoms with E-state index in [-0.39, 0.29) is 24.3 Å². The Morgan fingerprint density at radius 3 is 2.84 bits per heavy atom. The molecule has 1 fully saturated rings. The van der Waals surface area contributed by atoms with E-state index in [1.165, 1.54) is 6.07 Å². The summed E-state index contributed by atoms with van der Waals surface area (Å²) in [6, 6.07) is 7.56. The standard InChI is InChI=1S/C19H21F2N3O/c1-12-2-3-13(10-23-12)8-19(25)24-18-11-22-7-6-15(18)14-4-5-16(20)17(21)9-14/h2-5,9-10,15,18,22H,6-8,11H2,1H3,(H,24,25). The summed E-state index contributed by atoms with van der Waals surface area (Å²) in [6.07, 6.45) is 2.69. The van der Waals surface area contributed by atoms with Crippen molar-refractivity contribution in [1.29, 1.82) is 0 Å². The van der Waals surface area contributed by atoms with E-state index < -0.39 is 11.6 Å². The van der Waals surface area contributed by atoms with Crippen LogP contribution in [0.5, 0.6) is 0 Å². The van der Waals surface area contributed by atoms with Crippen molar-refractivity contribution in [3.63, 3.8) is 0 Å². The maximum absolute atomic E-state index is 13.6. The molecule has 2 unspecified atom stereocenters. The third kappa shape index (κ3) is 4.39. The summed E-state index contributed by atoms with van der Waals surface area (Å²) in [7, 11) is 0. The minimum Gasteiger partial charge on any atom is -0.351 e. The van der Waals surface area contributed by atoms with Crippen LogP contribution in [0.15, 0.2) is 36.5 Å². The van der Waals surface area contributed by atoms with E-state index in [1.54, 1.807) is 12.3 Å². The molecule has 0 radical (unpaired) electrons. The van der Waals surface area contributed by atoms with Crippen LogP contribution in [-0.2, 0) is 11.2 Å². The van der Waals surface area contributed by atoms with E-state index in [9.17, 15) is 13.6 Å². The topological polar surface area (TPSA) is 54.0 Å². The number of piperidine rings is 1. The van der Waals surface area contributed by atoms with Crippen molar-refractivity contribution in [1.82, 2.24) is 15.6 Å². The highest BCUT2D eigenvalue weighted by Crippen LogP contribution is 2.27. The van der Waals surface area contributed by atoms with Crippen LogP contribution in [0.4, 0.5) is 8.78 Å². The number of hydrogen-bond donors (Lipinski definition) is 2. The third-order valence-corrected chi connectivity index (χ3v) is 4.54. The van der Waals surface area contributed by atoms with E-state index in [0.717, 1.165) is 30.3 Å². The molecule has 1 saturated heterocycles. The first-order chi connectivity index (χ1) is 12.0. The molecule has 2 heterocycles. The smallest absolute Gasteiger partial charge is 0.224 e. The van der Waals surface area contributed by atoms with Crippen molar-refractivity contribution < 1.29 is 13.6 Å². The molecular formula is C19H21F2N3O. The minimum absolute atomic E-state index is 0.0450. The normalized spacial score (nSPS) is 20.3. The molecule has 0 spiro atoms. The number of hydrogen-bond acceptors (Lipinski definition) is 3. The van der Waals surface area contributed by atoms with Crippen molar-refractivity contribution in [3.8, 4) is 0 Å². The lowest BCUT2D eigenvalue weighted by atomic mass is 9.86. The van der Waals surface area contributed by atoms with Gasteiger partial charge in [-0.2, -0.15) is 0 Å². The second-order valence-corrected chi connectivity index (χ2v) is 6.43. The summed E-state index contributed by atoms with van der Waals surface area (Å²) in [6.45, 7) is 3.27. The molecule has 3 rings (SSSR count). The molecule has 1 aromatic heterocycles. The summed E-state index contributed by atoms with van der Waals surface area (Å²) in [5, 5.41) is 6.26. The van der Waals surface area contributed by atoms with Gasteiger partial charge in [-0.1, -0.05) is 12.1 Å². The lowest BCUT2D eigenvalue weighted by Gasteiger charge is -2.33. The molecule has 4 nitrogen and oxygen atoms in total. The molecule has 1 aliphatic rings. The summed E-state index contributed by atoms with van der Waals surface area (Å²) in [4.78, 5) is 16.6. The fraction of sp³-hybridized carbons (Fsp3) is 0.368. The molecule has 1 amide bonds. The number of aromatic nitrogens is 1. The number of pyridine rings is 1. The molecular weight excluding hydrogens is 324 g/mol. The van der Waals surface area contributed by atoms with Crippen molar-refractivity contribution in [2.24, 2.45) is 0 Å². The van der Waals surface area contributed by atoms with Crippen molar-refractivity contribution in [2.45, 2.75) is 31.7 Å². The van der Waals surface area contributed by atoms with Crippen LogP contribution in [-0.4, -0.2) is 30.0 Å². The van der Waals surface area contributed by atoms with Gasteiger partial charge in [0.05, 0.1) is 6.42 Å². The highest BCUT2D eigenvalue weighted by atomic mass is 19.2. The molecule has 0 aliphatic carbocycles. The second kappa shape index (κ2) is 7.70. The molecule has 25 heavy (non-hydrogen) atoms. The van der Waals surface area contributed by atoms with Crippen LogP contribution in [0.3, 0.4) is 0 Å². The largest absolute Gasteiger partial charge is 0.351 e. The molecule has 6 heteroatoms. The molecule has 1 aliphatic heterocycles. The van der Waals surface area contributed by atoms with Gasteiger partial charge < -0.3 is 10.6 Å². The van der Waals surface area contributed by atoms with E-state index >= 15 is 0 Å². The Balaban J connectivity index is 1.69. The zero-order valence-corrected chi connectivity index (χ0v) is 14.1. The lowest BCUT2D eigenvalue weighted by molar-refractivity contribution is -0.121. The van der Waals surface area contributed by atoms with Gasteiger partial charge in [-0.3, -0.25) is 9.78 Å². The lowest BCUT2D eigenvalue weighted by Crippen LogP contribution is -2.50. The maximum atomic E-state index is 13.6. The predicted molar refractivity (Wildman–Crippen MR) is 91.2 cm³/mol. The Morgan fingerprint density at radius 1 is 1.28 bits per heavy atom. The Bertz CT molecular complexity index is 749. The molecule has 2 aromatic rings. The number of amides is 1. The van der Waals surface area contributed by atoms with Crippen LogP contribution in [0.1, 0.15) is 29.2 Å². The highest BCUT2D eigenvalue weighted by Gasteiger charge is 2.28. The van der Waals surface area contributed by atoms with Crippen molar-refractivity contribution >= 4 is 5.91 Å². The number of rotatable bonds is 4. The highest BCUT2D eigenvalue weighted by molar-refractivity contribution is 5.79. The maximum Gasteiger partial charge on any atom is 0.224 e. The van der Waals surface area contributed by atoms with Gasteiger partial charge >= 0.3 is 0 Å². The van der Waals surface area contributed by atoms with Gasteiger partial charge in [0.15, 0.2) is 11.6 Å². The number of aryl methyl sites for hydroxylation is 1. The first-order valence-electron chi connectivity index (χ1n) is 8.39. The number of nitrogens with zero attached hydrogens (tertiary/aromatic N) is 1. The number of nitrogens with one attached hydrogen (secondary N) is 2. The van der Waals surface area contributed by atoms with Gasteiger partial charge in [0, 0.05) is 30.4 Å². The zero-order valence-electron chi connectivity index (χ0n) is 14.1. The molecule has 132 valence electrons. The summed E-state index contributed by atoms with van der Waals surface area (Å²) in [5.74, 6) is -1.86. The third-order valence-electron chi connectivity index (χ3n) is 4.54. The number of carbonyl (C=O) groups is 1. The average Bonchev–Trinajstić information content (AvgIpc) is 2.60. The monoisotopic (exact) mass is 345 g/mol. The number of halogens is 2. The van der Waals surface area contributed by atoms with Gasteiger partial charge in [0.1, 0.15) is 0 Å². The van der Waals surface area contributed by atoms with Crippen LogP contribution in [0.25, 0.3) is 0 Å².